The zero-order valence-electron chi connectivity index (χ0n) is 10.4. The monoisotopic (exact) mass is 358 g/mol. The molecule has 0 saturated heterocycles. The molecular weight excluding hydrogens is 347 g/mol. The minimum atomic E-state index is -0.220. The maximum atomic E-state index is 6.50. The lowest BCUT2D eigenvalue weighted by Crippen LogP contribution is -1.96. The van der Waals surface area contributed by atoms with E-state index in [1.165, 1.54) is 0 Å². The third-order valence-corrected chi connectivity index (χ3v) is 4.13. The van der Waals surface area contributed by atoms with E-state index >= 15 is 0 Å². The molecule has 100 valence electrons. The molecule has 0 aliphatic rings. The highest BCUT2D eigenvalue weighted by Gasteiger charge is 2.14. The number of ether oxygens (including phenoxy) is 1. The maximum absolute atomic E-state index is 6.50. The summed E-state index contributed by atoms with van der Waals surface area (Å²) in [6.45, 7) is 2.62. The molecule has 1 unspecified atom stereocenters. The second-order valence-electron chi connectivity index (χ2n) is 4.03. The van der Waals surface area contributed by atoms with E-state index in [0.29, 0.717) is 11.6 Å². The number of halogens is 3. The van der Waals surface area contributed by atoms with E-state index in [-0.39, 0.29) is 5.38 Å². The Morgan fingerprint density at radius 1 is 1.16 bits per heavy atom. The molecule has 1 nitrogen and oxygen atoms in total. The van der Waals surface area contributed by atoms with Crippen molar-refractivity contribution in [2.24, 2.45) is 0 Å². The summed E-state index contributed by atoms with van der Waals surface area (Å²) in [5.74, 6) is 0.852. The van der Waals surface area contributed by atoms with Gasteiger partial charge in [0.05, 0.1) is 12.0 Å². The minimum Gasteiger partial charge on any atom is -0.494 e. The van der Waals surface area contributed by atoms with Gasteiger partial charge in [-0.3, -0.25) is 0 Å². The van der Waals surface area contributed by atoms with Gasteiger partial charge in [0.2, 0.25) is 0 Å². The second kappa shape index (κ2) is 6.65. The van der Waals surface area contributed by atoms with Crippen molar-refractivity contribution in [2.45, 2.75) is 12.3 Å². The topological polar surface area (TPSA) is 9.23 Å². The average molecular weight is 360 g/mol. The first-order valence-electron chi connectivity index (χ1n) is 5.93. The molecule has 0 fully saturated rings. The molecule has 2 aromatic carbocycles. The summed E-state index contributed by atoms with van der Waals surface area (Å²) < 4.78 is 6.33. The molecule has 4 heteroatoms. The van der Waals surface area contributed by atoms with Crippen LogP contribution in [0.25, 0.3) is 0 Å². The molecule has 2 aromatic rings. The summed E-state index contributed by atoms with van der Waals surface area (Å²) in [5, 5.41) is 0.466. The van der Waals surface area contributed by atoms with Gasteiger partial charge in [0, 0.05) is 9.50 Å². The highest BCUT2D eigenvalue weighted by molar-refractivity contribution is 9.10. The van der Waals surface area contributed by atoms with Gasteiger partial charge >= 0.3 is 0 Å². The molecule has 1 atom stereocenters. The van der Waals surface area contributed by atoms with Crippen molar-refractivity contribution in [3.05, 3.63) is 63.1 Å². The quantitative estimate of drug-likeness (QED) is 0.624. The minimum absolute atomic E-state index is 0.220. The normalized spacial score (nSPS) is 12.2. The molecule has 0 N–H and O–H groups in total. The summed E-state index contributed by atoms with van der Waals surface area (Å²) in [7, 11) is 0. The van der Waals surface area contributed by atoms with Crippen LogP contribution in [0.2, 0.25) is 5.02 Å². The van der Waals surface area contributed by atoms with Crippen molar-refractivity contribution < 1.29 is 4.74 Å². The highest BCUT2D eigenvalue weighted by atomic mass is 79.9. The summed E-state index contributed by atoms with van der Waals surface area (Å²) in [6, 6.07) is 13.4. The van der Waals surface area contributed by atoms with Crippen LogP contribution in [0.3, 0.4) is 0 Å². The molecule has 0 amide bonds. The van der Waals surface area contributed by atoms with Gasteiger partial charge in [0.25, 0.3) is 0 Å². The van der Waals surface area contributed by atoms with Crippen LogP contribution < -0.4 is 4.74 Å². The molecule has 0 bridgehead atoms. The van der Waals surface area contributed by atoms with Crippen LogP contribution in [0.4, 0.5) is 0 Å². The van der Waals surface area contributed by atoms with Crippen LogP contribution in [0.5, 0.6) is 5.75 Å². The lowest BCUT2D eigenvalue weighted by atomic mass is 10.0. The second-order valence-corrected chi connectivity index (χ2v) is 5.76. The summed E-state index contributed by atoms with van der Waals surface area (Å²) >= 11 is 15.9. The van der Waals surface area contributed by atoms with E-state index in [0.717, 1.165) is 21.3 Å². The Morgan fingerprint density at radius 3 is 2.42 bits per heavy atom. The van der Waals surface area contributed by atoms with E-state index in [9.17, 15) is 0 Å². The number of rotatable bonds is 4. The van der Waals surface area contributed by atoms with E-state index in [4.69, 9.17) is 27.9 Å². The zero-order valence-corrected chi connectivity index (χ0v) is 13.5. The Bertz CT molecular complexity index is 555. The Balaban J connectivity index is 2.25. The van der Waals surface area contributed by atoms with Gasteiger partial charge < -0.3 is 4.74 Å². The van der Waals surface area contributed by atoms with Gasteiger partial charge in [-0.1, -0.05) is 45.7 Å². The van der Waals surface area contributed by atoms with Crippen molar-refractivity contribution in [3.63, 3.8) is 0 Å². The molecule has 0 aliphatic heterocycles. The van der Waals surface area contributed by atoms with Crippen LogP contribution in [-0.2, 0) is 0 Å². The van der Waals surface area contributed by atoms with Gasteiger partial charge in [-0.15, -0.1) is 11.6 Å². The Kier molecular flexibility index (Phi) is 5.14. The van der Waals surface area contributed by atoms with Crippen molar-refractivity contribution in [1.82, 2.24) is 0 Å². The van der Waals surface area contributed by atoms with Gasteiger partial charge in [0.15, 0.2) is 0 Å². The largest absolute Gasteiger partial charge is 0.494 e. The van der Waals surface area contributed by atoms with E-state index in [2.05, 4.69) is 15.9 Å². The van der Waals surface area contributed by atoms with Crippen molar-refractivity contribution in [2.75, 3.05) is 6.61 Å². The number of hydrogen-bond donors (Lipinski definition) is 0. The van der Waals surface area contributed by atoms with Gasteiger partial charge in [-0.05, 0) is 42.3 Å². The molecule has 0 radical (unpaired) electrons. The third-order valence-electron chi connectivity index (χ3n) is 2.72. The van der Waals surface area contributed by atoms with Crippen molar-refractivity contribution in [3.8, 4) is 5.75 Å². The predicted octanol–water partition coefficient (Wildman–Crippen LogP) is 5.83. The number of hydrogen-bond acceptors (Lipinski definition) is 1. The van der Waals surface area contributed by atoms with Crippen LogP contribution in [0.1, 0.15) is 23.4 Å². The molecule has 0 aromatic heterocycles. The lowest BCUT2D eigenvalue weighted by Gasteiger charge is -2.13. The van der Waals surface area contributed by atoms with E-state index in [1.807, 2.05) is 49.4 Å². The molecule has 19 heavy (non-hydrogen) atoms. The summed E-state index contributed by atoms with van der Waals surface area (Å²) in [4.78, 5) is 0. The fourth-order valence-electron chi connectivity index (χ4n) is 1.79. The smallest absolute Gasteiger partial charge is 0.119 e. The molecule has 2 rings (SSSR count). The zero-order chi connectivity index (χ0) is 13.8. The van der Waals surface area contributed by atoms with Crippen molar-refractivity contribution in [1.29, 1.82) is 0 Å². The number of alkyl halides is 1. The first-order valence-corrected chi connectivity index (χ1v) is 7.54. The lowest BCUT2D eigenvalue weighted by molar-refractivity contribution is 0.340. The summed E-state index contributed by atoms with van der Waals surface area (Å²) in [6.07, 6.45) is 0. The van der Waals surface area contributed by atoms with Gasteiger partial charge in [-0.2, -0.15) is 0 Å². The first-order chi connectivity index (χ1) is 9.11. The Hall–Kier alpha value is -0.700. The Labute approximate surface area is 131 Å². The Morgan fingerprint density at radius 2 is 1.84 bits per heavy atom. The SMILES string of the molecule is CCOc1ccc(C(Cl)c2ccc(Cl)cc2Br)cc1. The fraction of sp³-hybridized carbons (Fsp3) is 0.200. The van der Waals surface area contributed by atoms with Crippen LogP contribution in [0, 0.1) is 0 Å². The van der Waals surface area contributed by atoms with Gasteiger partial charge in [-0.25, -0.2) is 0 Å². The number of benzene rings is 2. The average Bonchev–Trinajstić information content (AvgIpc) is 2.39. The molecule has 0 saturated carbocycles. The fourth-order valence-corrected chi connectivity index (χ4v) is 3.17. The first kappa shape index (κ1) is 14.7. The van der Waals surface area contributed by atoms with Crippen LogP contribution >= 0.6 is 39.1 Å². The van der Waals surface area contributed by atoms with Crippen LogP contribution in [0.15, 0.2) is 46.9 Å². The molecule has 0 spiro atoms. The molecular formula is C15H13BrCl2O. The van der Waals surface area contributed by atoms with E-state index < -0.39 is 0 Å². The summed E-state index contributed by atoms with van der Waals surface area (Å²) in [5.41, 5.74) is 2.02. The van der Waals surface area contributed by atoms with Crippen LogP contribution in [-0.4, -0.2) is 6.61 Å². The standard InChI is InChI=1S/C15H13BrCl2O/c1-2-19-12-6-3-10(4-7-12)15(18)13-8-5-11(17)9-14(13)16/h3-9,15H,2H2,1H3. The predicted molar refractivity (Wildman–Crippen MR) is 84.5 cm³/mol. The molecule has 0 aliphatic carbocycles. The van der Waals surface area contributed by atoms with Crippen molar-refractivity contribution >= 4 is 39.1 Å². The third kappa shape index (κ3) is 3.65. The van der Waals surface area contributed by atoms with E-state index in [1.54, 1.807) is 0 Å². The highest BCUT2D eigenvalue weighted by Crippen LogP contribution is 2.35. The molecule has 0 heterocycles. The van der Waals surface area contributed by atoms with Gasteiger partial charge in [0.1, 0.15) is 5.75 Å². The maximum Gasteiger partial charge on any atom is 0.119 e.